The van der Waals surface area contributed by atoms with E-state index in [0.717, 1.165) is 23.4 Å². The SMILES string of the molecule is Cc1nn(C)c(C)c1C1(N)CCN(C(=O)OC(C)(C)C)C1. The quantitative estimate of drug-likeness (QED) is 0.857. The summed E-state index contributed by atoms with van der Waals surface area (Å²) in [5.74, 6) is 0. The fourth-order valence-corrected chi connectivity index (χ4v) is 3.01. The monoisotopic (exact) mass is 294 g/mol. The van der Waals surface area contributed by atoms with Crippen LogP contribution in [0.3, 0.4) is 0 Å². The molecule has 2 rings (SSSR count). The Labute approximate surface area is 126 Å². The van der Waals surface area contributed by atoms with Crippen molar-refractivity contribution in [3.63, 3.8) is 0 Å². The molecule has 1 atom stereocenters. The summed E-state index contributed by atoms with van der Waals surface area (Å²) in [5.41, 5.74) is 8.60. The van der Waals surface area contributed by atoms with E-state index in [1.54, 1.807) is 4.90 Å². The van der Waals surface area contributed by atoms with Crippen LogP contribution in [0, 0.1) is 13.8 Å². The molecule has 0 bridgehead atoms. The summed E-state index contributed by atoms with van der Waals surface area (Å²) in [6.45, 7) is 10.7. The number of aromatic nitrogens is 2. The average molecular weight is 294 g/mol. The first-order chi connectivity index (χ1) is 9.53. The summed E-state index contributed by atoms with van der Waals surface area (Å²) >= 11 is 0. The van der Waals surface area contributed by atoms with Crippen LogP contribution in [0.2, 0.25) is 0 Å². The number of likely N-dealkylation sites (tertiary alicyclic amines) is 1. The molecule has 6 heteroatoms. The Kier molecular flexibility index (Phi) is 3.78. The minimum Gasteiger partial charge on any atom is -0.444 e. The predicted molar refractivity (Wildman–Crippen MR) is 81.0 cm³/mol. The Morgan fingerprint density at radius 2 is 2.00 bits per heavy atom. The van der Waals surface area contributed by atoms with E-state index in [9.17, 15) is 4.79 Å². The molecule has 0 radical (unpaired) electrons. The van der Waals surface area contributed by atoms with E-state index in [0.29, 0.717) is 13.1 Å². The average Bonchev–Trinajstić information content (AvgIpc) is 2.80. The highest BCUT2D eigenvalue weighted by molar-refractivity contribution is 5.69. The van der Waals surface area contributed by atoms with Gasteiger partial charge in [0.25, 0.3) is 0 Å². The van der Waals surface area contributed by atoms with Crippen molar-refractivity contribution in [3.8, 4) is 0 Å². The van der Waals surface area contributed by atoms with Gasteiger partial charge in [-0.05, 0) is 41.0 Å². The van der Waals surface area contributed by atoms with Crippen LogP contribution in [-0.4, -0.2) is 39.5 Å². The Morgan fingerprint density at radius 3 is 2.48 bits per heavy atom. The van der Waals surface area contributed by atoms with Crippen molar-refractivity contribution >= 4 is 6.09 Å². The van der Waals surface area contributed by atoms with Crippen LogP contribution < -0.4 is 5.73 Å². The van der Waals surface area contributed by atoms with Gasteiger partial charge >= 0.3 is 6.09 Å². The zero-order valence-electron chi connectivity index (χ0n) is 13.9. The molecular weight excluding hydrogens is 268 g/mol. The number of nitrogens with zero attached hydrogens (tertiary/aromatic N) is 3. The summed E-state index contributed by atoms with van der Waals surface area (Å²) in [6, 6.07) is 0. The van der Waals surface area contributed by atoms with E-state index in [2.05, 4.69) is 5.10 Å². The molecule has 21 heavy (non-hydrogen) atoms. The van der Waals surface area contributed by atoms with Crippen molar-refractivity contribution in [2.24, 2.45) is 12.8 Å². The van der Waals surface area contributed by atoms with E-state index < -0.39 is 11.1 Å². The molecular formula is C15H26N4O2. The predicted octanol–water partition coefficient (Wildman–Crippen LogP) is 1.83. The van der Waals surface area contributed by atoms with Gasteiger partial charge in [-0.25, -0.2) is 4.79 Å². The molecule has 1 unspecified atom stereocenters. The molecule has 118 valence electrons. The van der Waals surface area contributed by atoms with E-state index >= 15 is 0 Å². The van der Waals surface area contributed by atoms with Crippen molar-refractivity contribution < 1.29 is 9.53 Å². The first kappa shape index (κ1) is 15.8. The third-order valence-corrected chi connectivity index (χ3v) is 3.96. The summed E-state index contributed by atoms with van der Waals surface area (Å²) in [7, 11) is 1.91. The zero-order valence-corrected chi connectivity index (χ0v) is 13.9. The van der Waals surface area contributed by atoms with Gasteiger partial charge in [0.2, 0.25) is 0 Å². The second kappa shape index (κ2) is 5.02. The number of aryl methyl sites for hydroxylation is 2. The molecule has 2 heterocycles. The van der Waals surface area contributed by atoms with Gasteiger partial charge in [0.05, 0.1) is 11.2 Å². The summed E-state index contributed by atoms with van der Waals surface area (Å²) < 4.78 is 7.27. The highest BCUT2D eigenvalue weighted by Crippen LogP contribution is 2.34. The van der Waals surface area contributed by atoms with Crippen LogP contribution in [0.15, 0.2) is 0 Å². The van der Waals surface area contributed by atoms with Gasteiger partial charge < -0.3 is 15.4 Å². The molecule has 1 saturated heterocycles. The zero-order chi connectivity index (χ0) is 16.0. The molecule has 0 spiro atoms. The maximum Gasteiger partial charge on any atom is 0.410 e. The van der Waals surface area contributed by atoms with Crippen molar-refractivity contribution in [2.75, 3.05) is 13.1 Å². The first-order valence-corrected chi connectivity index (χ1v) is 7.31. The topological polar surface area (TPSA) is 73.4 Å². The standard InChI is InChI=1S/C15H26N4O2/c1-10-12(11(2)18(6)17-10)15(16)7-8-19(9-15)13(20)21-14(3,4)5/h7-9,16H2,1-6H3. The fourth-order valence-electron chi connectivity index (χ4n) is 3.01. The third-order valence-electron chi connectivity index (χ3n) is 3.96. The largest absolute Gasteiger partial charge is 0.444 e. The maximum atomic E-state index is 12.2. The first-order valence-electron chi connectivity index (χ1n) is 7.31. The minimum atomic E-state index is -0.542. The van der Waals surface area contributed by atoms with Crippen LogP contribution in [0.4, 0.5) is 4.79 Å². The number of carbonyl (C=O) groups excluding carboxylic acids is 1. The molecule has 1 aromatic rings. The minimum absolute atomic E-state index is 0.297. The van der Waals surface area contributed by atoms with Crippen molar-refractivity contribution in [1.29, 1.82) is 0 Å². The lowest BCUT2D eigenvalue weighted by molar-refractivity contribution is 0.0284. The second-order valence-electron chi connectivity index (χ2n) is 6.98. The Bertz CT molecular complexity index is 559. The second-order valence-corrected chi connectivity index (χ2v) is 6.98. The smallest absolute Gasteiger partial charge is 0.410 e. The van der Waals surface area contributed by atoms with Gasteiger partial charge in [-0.15, -0.1) is 0 Å². The lowest BCUT2D eigenvalue weighted by Gasteiger charge is -2.27. The van der Waals surface area contributed by atoms with Crippen LogP contribution in [0.1, 0.15) is 44.1 Å². The van der Waals surface area contributed by atoms with Gasteiger partial charge in [-0.2, -0.15) is 5.10 Å². The van der Waals surface area contributed by atoms with Crippen LogP contribution in [0.25, 0.3) is 0 Å². The lowest BCUT2D eigenvalue weighted by atomic mass is 9.88. The summed E-state index contributed by atoms with van der Waals surface area (Å²) in [6.07, 6.45) is 0.425. The maximum absolute atomic E-state index is 12.2. The lowest BCUT2D eigenvalue weighted by Crippen LogP contribution is -2.43. The van der Waals surface area contributed by atoms with Gasteiger partial charge in [-0.3, -0.25) is 4.68 Å². The van der Waals surface area contributed by atoms with Crippen molar-refractivity contribution in [3.05, 3.63) is 17.0 Å². The Balaban J connectivity index is 2.19. The number of ether oxygens (including phenoxy) is 1. The number of hydrogen-bond acceptors (Lipinski definition) is 4. The van der Waals surface area contributed by atoms with Crippen LogP contribution in [0.5, 0.6) is 0 Å². The van der Waals surface area contributed by atoms with E-state index in [-0.39, 0.29) is 6.09 Å². The highest BCUT2D eigenvalue weighted by Gasteiger charge is 2.42. The summed E-state index contributed by atoms with van der Waals surface area (Å²) in [4.78, 5) is 13.9. The van der Waals surface area contributed by atoms with Crippen molar-refractivity contribution in [2.45, 2.75) is 52.2 Å². The van der Waals surface area contributed by atoms with Gasteiger partial charge in [0, 0.05) is 31.4 Å². The van der Waals surface area contributed by atoms with Gasteiger partial charge in [0.1, 0.15) is 5.60 Å². The van der Waals surface area contributed by atoms with Gasteiger partial charge in [0.15, 0.2) is 0 Å². The molecule has 0 aliphatic carbocycles. The van der Waals surface area contributed by atoms with E-state index in [4.69, 9.17) is 10.5 Å². The molecule has 1 aliphatic heterocycles. The number of nitrogens with two attached hydrogens (primary N) is 1. The van der Waals surface area contributed by atoms with Crippen LogP contribution in [-0.2, 0) is 17.3 Å². The molecule has 1 amide bonds. The Hall–Kier alpha value is -1.56. The number of rotatable bonds is 1. The Morgan fingerprint density at radius 1 is 1.38 bits per heavy atom. The normalized spacial score (nSPS) is 22.7. The molecule has 0 saturated carbocycles. The van der Waals surface area contributed by atoms with Gasteiger partial charge in [-0.1, -0.05) is 0 Å². The molecule has 0 aromatic carbocycles. The van der Waals surface area contributed by atoms with E-state index in [1.807, 2.05) is 46.3 Å². The number of amides is 1. The van der Waals surface area contributed by atoms with E-state index in [1.165, 1.54) is 0 Å². The summed E-state index contributed by atoms with van der Waals surface area (Å²) in [5, 5.41) is 4.43. The molecule has 1 aromatic heterocycles. The van der Waals surface area contributed by atoms with Crippen molar-refractivity contribution in [1.82, 2.24) is 14.7 Å². The number of carbonyl (C=O) groups is 1. The van der Waals surface area contributed by atoms with Crippen LogP contribution >= 0.6 is 0 Å². The third kappa shape index (κ3) is 3.05. The molecule has 2 N–H and O–H groups in total. The number of hydrogen-bond donors (Lipinski definition) is 1. The molecule has 1 fully saturated rings. The highest BCUT2D eigenvalue weighted by atomic mass is 16.6. The molecule has 1 aliphatic rings. The fraction of sp³-hybridized carbons (Fsp3) is 0.733. The molecule has 6 nitrogen and oxygen atoms in total.